The first-order valence-corrected chi connectivity index (χ1v) is 9.41. The van der Waals surface area contributed by atoms with Crippen molar-refractivity contribution in [1.82, 2.24) is 0 Å². The number of anilines is 1. The molecule has 0 aliphatic carbocycles. The Morgan fingerprint density at radius 3 is 2.30 bits per heavy atom. The molecule has 0 unspecified atom stereocenters. The number of carbonyl (C=O) groups is 2. The van der Waals surface area contributed by atoms with Gasteiger partial charge in [-0.25, -0.2) is 4.79 Å². The van der Waals surface area contributed by atoms with E-state index in [1.54, 1.807) is 36.4 Å². The van der Waals surface area contributed by atoms with Crippen molar-refractivity contribution in [1.29, 1.82) is 0 Å². The summed E-state index contributed by atoms with van der Waals surface area (Å²) in [6.07, 6.45) is 6.69. The number of unbranched alkanes of at least 4 members (excludes halogenated alkanes) is 3. The van der Waals surface area contributed by atoms with E-state index in [0.717, 1.165) is 12.2 Å². The first-order valence-electron chi connectivity index (χ1n) is 9.41. The molecule has 0 bridgehead atoms. The molecule has 2 aromatic rings. The molecule has 5 heteroatoms. The van der Waals surface area contributed by atoms with Crippen molar-refractivity contribution in [2.45, 2.75) is 52.1 Å². The molecule has 5 nitrogen and oxygen atoms in total. The number of amides is 1. The zero-order chi connectivity index (χ0) is 19.5. The minimum absolute atomic E-state index is 0.161. The molecular weight excluding hydrogens is 342 g/mol. The maximum atomic E-state index is 12.2. The van der Waals surface area contributed by atoms with Gasteiger partial charge in [0, 0.05) is 5.69 Å². The van der Waals surface area contributed by atoms with Crippen molar-refractivity contribution in [3.63, 3.8) is 0 Å². The van der Waals surface area contributed by atoms with Crippen LogP contribution in [0.25, 0.3) is 0 Å². The molecule has 0 aliphatic heterocycles. The number of ether oxygens (including phenoxy) is 2. The SMILES string of the molecule is CCCCCC[C@H](C)Oc1ccc(OC(=O)c2ccc(NC=O)cc2)cc1. The highest BCUT2D eigenvalue weighted by Crippen LogP contribution is 2.21. The molecule has 0 fully saturated rings. The standard InChI is InChI=1S/C22H27NO4/c1-3-4-5-6-7-17(2)26-20-12-14-21(15-13-20)27-22(25)18-8-10-19(11-9-18)23-16-24/h8-17H,3-7H2,1-2H3,(H,23,24)/t17-/m0/s1. The van der Waals surface area contributed by atoms with Crippen molar-refractivity contribution in [2.75, 3.05) is 5.32 Å². The highest BCUT2D eigenvalue weighted by Gasteiger charge is 2.09. The zero-order valence-electron chi connectivity index (χ0n) is 15.9. The summed E-state index contributed by atoms with van der Waals surface area (Å²) in [7, 11) is 0. The molecular formula is C22H27NO4. The van der Waals surface area contributed by atoms with Crippen molar-refractivity contribution in [2.24, 2.45) is 0 Å². The fourth-order valence-corrected chi connectivity index (χ4v) is 2.67. The Hall–Kier alpha value is -2.82. The van der Waals surface area contributed by atoms with E-state index in [4.69, 9.17) is 9.47 Å². The van der Waals surface area contributed by atoms with E-state index in [-0.39, 0.29) is 6.10 Å². The number of rotatable bonds is 11. The van der Waals surface area contributed by atoms with Crippen LogP contribution in [0.3, 0.4) is 0 Å². The molecule has 27 heavy (non-hydrogen) atoms. The second-order valence-corrected chi connectivity index (χ2v) is 6.48. The van der Waals surface area contributed by atoms with E-state index in [2.05, 4.69) is 19.2 Å². The molecule has 0 saturated carbocycles. The molecule has 0 aliphatic rings. The minimum Gasteiger partial charge on any atom is -0.491 e. The van der Waals surface area contributed by atoms with Crippen molar-refractivity contribution < 1.29 is 19.1 Å². The molecule has 0 heterocycles. The van der Waals surface area contributed by atoms with Crippen LogP contribution >= 0.6 is 0 Å². The first kappa shape index (κ1) is 20.5. The van der Waals surface area contributed by atoms with Gasteiger partial charge in [-0.15, -0.1) is 0 Å². The highest BCUT2D eigenvalue weighted by molar-refractivity contribution is 5.91. The minimum atomic E-state index is -0.453. The van der Waals surface area contributed by atoms with Gasteiger partial charge in [0.1, 0.15) is 11.5 Å². The fraction of sp³-hybridized carbons (Fsp3) is 0.364. The van der Waals surface area contributed by atoms with Crippen LogP contribution in [0.15, 0.2) is 48.5 Å². The van der Waals surface area contributed by atoms with Crippen LogP contribution in [0.1, 0.15) is 56.3 Å². The number of benzene rings is 2. The van der Waals surface area contributed by atoms with E-state index in [1.807, 2.05) is 12.1 Å². The van der Waals surface area contributed by atoms with Gasteiger partial charge >= 0.3 is 5.97 Å². The summed E-state index contributed by atoms with van der Waals surface area (Å²) in [5.74, 6) is 0.769. The molecule has 0 saturated heterocycles. The summed E-state index contributed by atoms with van der Waals surface area (Å²) in [6, 6.07) is 13.6. The van der Waals surface area contributed by atoms with E-state index >= 15 is 0 Å². The Morgan fingerprint density at radius 2 is 1.67 bits per heavy atom. The van der Waals surface area contributed by atoms with Gasteiger partial charge < -0.3 is 14.8 Å². The number of nitrogens with one attached hydrogen (secondary N) is 1. The third-order valence-corrected chi connectivity index (χ3v) is 4.18. The molecule has 144 valence electrons. The lowest BCUT2D eigenvalue weighted by Gasteiger charge is -2.15. The molecule has 2 aromatic carbocycles. The Bertz CT molecular complexity index is 710. The molecule has 2 rings (SSSR count). The lowest BCUT2D eigenvalue weighted by Crippen LogP contribution is -2.11. The summed E-state index contributed by atoms with van der Waals surface area (Å²) in [4.78, 5) is 22.6. The van der Waals surface area contributed by atoms with E-state index in [0.29, 0.717) is 23.4 Å². The fourth-order valence-electron chi connectivity index (χ4n) is 2.67. The molecule has 0 spiro atoms. The maximum Gasteiger partial charge on any atom is 0.343 e. The number of carbonyl (C=O) groups excluding carboxylic acids is 2. The Morgan fingerprint density at radius 1 is 1.00 bits per heavy atom. The van der Waals surface area contributed by atoms with Gasteiger partial charge in [0.2, 0.25) is 6.41 Å². The first-order chi connectivity index (χ1) is 13.1. The number of hydrogen-bond acceptors (Lipinski definition) is 4. The second-order valence-electron chi connectivity index (χ2n) is 6.48. The van der Waals surface area contributed by atoms with Gasteiger partial charge in [0.25, 0.3) is 0 Å². The van der Waals surface area contributed by atoms with E-state index in [9.17, 15) is 9.59 Å². The topological polar surface area (TPSA) is 64.6 Å². The van der Waals surface area contributed by atoms with Gasteiger partial charge in [0.15, 0.2) is 0 Å². The van der Waals surface area contributed by atoms with Crippen LogP contribution in [-0.4, -0.2) is 18.5 Å². The summed E-state index contributed by atoms with van der Waals surface area (Å²) >= 11 is 0. The van der Waals surface area contributed by atoms with Crippen molar-refractivity contribution in [3.8, 4) is 11.5 Å². The van der Waals surface area contributed by atoms with Gasteiger partial charge in [-0.05, 0) is 68.3 Å². The average molecular weight is 369 g/mol. The molecule has 0 radical (unpaired) electrons. The Kier molecular flexibility index (Phi) is 8.36. The lowest BCUT2D eigenvalue weighted by atomic mass is 10.1. The number of esters is 1. The number of hydrogen-bond donors (Lipinski definition) is 1. The maximum absolute atomic E-state index is 12.2. The Balaban J connectivity index is 1.83. The normalized spacial score (nSPS) is 11.5. The summed E-state index contributed by atoms with van der Waals surface area (Å²) in [5.41, 5.74) is 1.03. The van der Waals surface area contributed by atoms with Crippen LogP contribution < -0.4 is 14.8 Å². The van der Waals surface area contributed by atoms with Crippen LogP contribution in [0.2, 0.25) is 0 Å². The predicted octanol–water partition coefficient (Wildman–Crippen LogP) is 5.21. The van der Waals surface area contributed by atoms with Crippen molar-refractivity contribution >= 4 is 18.1 Å². The monoisotopic (exact) mass is 369 g/mol. The van der Waals surface area contributed by atoms with E-state index < -0.39 is 5.97 Å². The second kappa shape index (κ2) is 11.0. The summed E-state index contributed by atoms with van der Waals surface area (Å²) < 4.78 is 11.3. The molecule has 1 atom stereocenters. The van der Waals surface area contributed by atoms with Crippen LogP contribution in [0.5, 0.6) is 11.5 Å². The summed E-state index contributed by atoms with van der Waals surface area (Å²) in [5, 5.41) is 2.52. The Labute approximate surface area is 160 Å². The molecule has 1 amide bonds. The van der Waals surface area contributed by atoms with Crippen LogP contribution in [0.4, 0.5) is 5.69 Å². The third kappa shape index (κ3) is 7.13. The molecule has 0 aromatic heterocycles. The van der Waals surface area contributed by atoms with Gasteiger partial charge in [-0.2, -0.15) is 0 Å². The smallest absolute Gasteiger partial charge is 0.343 e. The van der Waals surface area contributed by atoms with Gasteiger partial charge in [0.05, 0.1) is 11.7 Å². The third-order valence-electron chi connectivity index (χ3n) is 4.18. The van der Waals surface area contributed by atoms with Gasteiger partial charge in [-0.3, -0.25) is 4.79 Å². The van der Waals surface area contributed by atoms with Crippen molar-refractivity contribution in [3.05, 3.63) is 54.1 Å². The zero-order valence-corrected chi connectivity index (χ0v) is 15.9. The quantitative estimate of drug-likeness (QED) is 0.255. The van der Waals surface area contributed by atoms with E-state index in [1.165, 1.54) is 25.7 Å². The molecule has 1 N–H and O–H groups in total. The highest BCUT2D eigenvalue weighted by atomic mass is 16.5. The average Bonchev–Trinajstić information content (AvgIpc) is 2.67. The largest absolute Gasteiger partial charge is 0.491 e. The predicted molar refractivity (Wildman–Crippen MR) is 106 cm³/mol. The van der Waals surface area contributed by atoms with Crippen LogP contribution in [-0.2, 0) is 4.79 Å². The summed E-state index contributed by atoms with van der Waals surface area (Å²) in [6.45, 7) is 4.28. The van der Waals surface area contributed by atoms with Crippen LogP contribution in [0, 0.1) is 0 Å². The van der Waals surface area contributed by atoms with Gasteiger partial charge in [-0.1, -0.05) is 26.2 Å². The lowest BCUT2D eigenvalue weighted by molar-refractivity contribution is -0.105.